The Kier molecular flexibility index (Phi) is 29.9. The van der Waals surface area contributed by atoms with Crippen molar-refractivity contribution in [2.45, 2.75) is 174 Å². The van der Waals surface area contributed by atoms with Crippen molar-refractivity contribution < 1.29 is 47.8 Å². The number of phosphoric ester groups is 1. The number of ether oxygens (including phenoxy) is 2. The summed E-state index contributed by atoms with van der Waals surface area (Å²) >= 11 is 0. The van der Waals surface area contributed by atoms with E-state index in [1.807, 2.05) is 0 Å². The molecule has 11 heteroatoms. The number of esters is 2. The zero-order chi connectivity index (χ0) is 32.7. The maximum atomic E-state index is 12.5. The van der Waals surface area contributed by atoms with Gasteiger partial charge >= 0.3 is 19.8 Å². The van der Waals surface area contributed by atoms with Crippen LogP contribution in [-0.2, 0) is 32.7 Å². The highest BCUT2D eigenvalue weighted by Gasteiger charge is 2.27. The van der Waals surface area contributed by atoms with Crippen molar-refractivity contribution in [3.8, 4) is 0 Å². The SMILES string of the molecule is CCCCCCCCCCCCCC(=O)O[C@@H](COC(=O)CCCCCCCCCCCC)COP(=O)(O)OC[C@H](O)CO. The molecule has 3 atom stereocenters. The minimum absolute atomic E-state index is 0.191. The highest BCUT2D eigenvalue weighted by Crippen LogP contribution is 2.43. The molecule has 0 aliphatic heterocycles. The molecular formula is C33H65O10P. The first kappa shape index (κ1) is 43.0. The molecule has 0 amide bonds. The second kappa shape index (κ2) is 30.6. The summed E-state index contributed by atoms with van der Waals surface area (Å²) in [5, 5.41) is 18.2. The van der Waals surface area contributed by atoms with Gasteiger partial charge in [0.2, 0.25) is 0 Å². The number of hydrogen-bond donors (Lipinski definition) is 3. The van der Waals surface area contributed by atoms with E-state index in [1.165, 1.54) is 83.5 Å². The summed E-state index contributed by atoms with van der Waals surface area (Å²) in [7, 11) is -4.59. The molecule has 0 radical (unpaired) electrons. The molecule has 0 rings (SSSR count). The number of carbonyl (C=O) groups is 2. The van der Waals surface area contributed by atoms with Gasteiger partial charge in [-0.05, 0) is 12.8 Å². The predicted molar refractivity (Wildman–Crippen MR) is 173 cm³/mol. The van der Waals surface area contributed by atoms with Gasteiger partial charge in [0, 0.05) is 12.8 Å². The number of unbranched alkanes of at least 4 members (excludes halogenated alkanes) is 19. The largest absolute Gasteiger partial charge is 0.472 e. The van der Waals surface area contributed by atoms with E-state index in [1.54, 1.807) is 0 Å². The molecule has 0 bridgehead atoms. The Morgan fingerprint density at radius 1 is 0.591 bits per heavy atom. The quantitative estimate of drug-likeness (QED) is 0.0362. The lowest BCUT2D eigenvalue weighted by Gasteiger charge is -2.20. The van der Waals surface area contributed by atoms with Crippen LogP contribution in [0.3, 0.4) is 0 Å². The summed E-state index contributed by atoms with van der Waals surface area (Å²) in [6, 6.07) is 0. The van der Waals surface area contributed by atoms with Gasteiger partial charge in [-0.15, -0.1) is 0 Å². The van der Waals surface area contributed by atoms with Crippen molar-refractivity contribution in [2.75, 3.05) is 26.4 Å². The van der Waals surface area contributed by atoms with E-state index in [0.29, 0.717) is 12.8 Å². The Bertz CT molecular complexity index is 721. The van der Waals surface area contributed by atoms with Crippen LogP contribution in [0.25, 0.3) is 0 Å². The number of carbonyl (C=O) groups excluding carboxylic acids is 2. The fraction of sp³-hybridized carbons (Fsp3) is 0.939. The summed E-state index contributed by atoms with van der Waals surface area (Å²) in [6.07, 6.45) is 22.2. The maximum Gasteiger partial charge on any atom is 0.472 e. The molecule has 44 heavy (non-hydrogen) atoms. The molecule has 0 fully saturated rings. The second-order valence-electron chi connectivity index (χ2n) is 11.9. The minimum atomic E-state index is -4.59. The van der Waals surface area contributed by atoms with Gasteiger partial charge in [-0.1, -0.05) is 136 Å². The topological polar surface area (TPSA) is 149 Å². The lowest BCUT2D eigenvalue weighted by molar-refractivity contribution is -0.161. The highest BCUT2D eigenvalue weighted by atomic mass is 31.2. The summed E-state index contributed by atoms with van der Waals surface area (Å²) in [6.45, 7) is 2.34. The van der Waals surface area contributed by atoms with Crippen LogP contribution >= 0.6 is 7.82 Å². The van der Waals surface area contributed by atoms with E-state index < -0.39 is 51.8 Å². The minimum Gasteiger partial charge on any atom is -0.462 e. The Morgan fingerprint density at radius 3 is 1.41 bits per heavy atom. The van der Waals surface area contributed by atoms with Crippen molar-refractivity contribution in [1.29, 1.82) is 0 Å². The summed E-state index contributed by atoms with van der Waals surface area (Å²) in [5.74, 6) is -0.921. The Morgan fingerprint density at radius 2 is 0.977 bits per heavy atom. The Balaban J connectivity index is 4.41. The molecule has 0 aromatic rings. The van der Waals surface area contributed by atoms with Gasteiger partial charge in [0.1, 0.15) is 12.7 Å². The summed E-state index contributed by atoms with van der Waals surface area (Å²) in [4.78, 5) is 34.6. The third kappa shape index (κ3) is 29.7. The first-order chi connectivity index (χ1) is 21.2. The normalized spacial score (nSPS) is 14.2. The van der Waals surface area contributed by atoms with Gasteiger partial charge in [0.15, 0.2) is 6.10 Å². The van der Waals surface area contributed by atoms with Gasteiger partial charge in [-0.25, -0.2) is 4.57 Å². The lowest BCUT2D eigenvalue weighted by Crippen LogP contribution is -2.29. The van der Waals surface area contributed by atoms with Crippen LogP contribution in [0.4, 0.5) is 0 Å². The number of phosphoric acid groups is 1. The average molecular weight is 653 g/mol. The lowest BCUT2D eigenvalue weighted by atomic mass is 10.1. The second-order valence-corrected chi connectivity index (χ2v) is 13.4. The zero-order valence-corrected chi connectivity index (χ0v) is 28.8. The molecule has 1 unspecified atom stereocenters. The van der Waals surface area contributed by atoms with Crippen LogP contribution in [0.5, 0.6) is 0 Å². The maximum absolute atomic E-state index is 12.5. The number of hydrogen-bond acceptors (Lipinski definition) is 9. The van der Waals surface area contributed by atoms with Crippen LogP contribution in [0.2, 0.25) is 0 Å². The summed E-state index contributed by atoms with van der Waals surface area (Å²) < 4.78 is 32.4. The van der Waals surface area contributed by atoms with Gasteiger partial charge < -0.3 is 24.6 Å². The molecule has 0 saturated heterocycles. The van der Waals surface area contributed by atoms with Crippen LogP contribution in [0, 0.1) is 0 Å². The molecule has 0 aromatic carbocycles. The monoisotopic (exact) mass is 652 g/mol. The zero-order valence-electron chi connectivity index (χ0n) is 27.9. The van der Waals surface area contributed by atoms with Crippen LogP contribution in [0.15, 0.2) is 0 Å². The van der Waals surface area contributed by atoms with Crippen LogP contribution < -0.4 is 0 Å². The summed E-state index contributed by atoms with van der Waals surface area (Å²) in [5.41, 5.74) is 0. The van der Waals surface area contributed by atoms with Gasteiger partial charge in [0.05, 0.1) is 19.8 Å². The predicted octanol–water partition coefficient (Wildman–Crippen LogP) is 7.94. The third-order valence-electron chi connectivity index (χ3n) is 7.51. The molecule has 0 saturated carbocycles. The highest BCUT2D eigenvalue weighted by molar-refractivity contribution is 7.47. The molecule has 0 aromatic heterocycles. The van der Waals surface area contributed by atoms with E-state index in [0.717, 1.165) is 38.5 Å². The molecule has 0 aliphatic carbocycles. The van der Waals surface area contributed by atoms with Crippen LogP contribution in [-0.4, -0.2) is 65.7 Å². The van der Waals surface area contributed by atoms with Crippen molar-refractivity contribution in [2.24, 2.45) is 0 Å². The van der Waals surface area contributed by atoms with Crippen molar-refractivity contribution in [3.63, 3.8) is 0 Å². The van der Waals surface area contributed by atoms with Gasteiger partial charge in [-0.3, -0.25) is 18.6 Å². The van der Waals surface area contributed by atoms with E-state index in [2.05, 4.69) is 18.4 Å². The molecular weight excluding hydrogens is 587 g/mol. The fourth-order valence-electron chi connectivity index (χ4n) is 4.76. The number of rotatable bonds is 33. The van der Waals surface area contributed by atoms with Gasteiger partial charge in [0.25, 0.3) is 0 Å². The molecule has 262 valence electrons. The Labute approximate surface area is 267 Å². The first-order valence-corrected chi connectivity index (χ1v) is 19.0. The standard InChI is InChI=1S/C33H65O10P/c1-3-5-7-9-11-13-15-17-19-21-23-25-33(37)43-31(29-42-44(38,39)41-27-30(35)26-34)28-40-32(36)24-22-20-18-16-14-12-10-8-6-4-2/h30-31,34-35H,3-29H2,1-2H3,(H,38,39)/t30-,31+/m1/s1. The van der Waals surface area contributed by atoms with E-state index >= 15 is 0 Å². The molecule has 0 heterocycles. The fourth-order valence-corrected chi connectivity index (χ4v) is 5.55. The van der Waals surface area contributed by atoms with Crippen molar-refractivity contribution >= 4 is 19.8 Å². The van der Waals surface area contributed by atoms with E-state index in [9.17, 15) is 24.2 Å². The first-order valence-electron chi connectivity index (χ1n) is 17.5. The van der Waals surface area contributed by atoms with Crippen LogP contribution in [0.1, 0.15) is 162 Å². The molecule has 3 N–H and O–H groups in total. The molecule has 10 nitrogen and oxygen atoms in total. The third-order valence-corrected chi connectivity index (χ3v) is 8.46. The van der Waals surface area contributed by atoms with Crippen molar-refractivity contribution in [3.05, 3.63) is 0 Å². The van der Waals surface area contributed by atoms with Gasteiger partial charge in [-0.2, -0.15) is 0 Å². The molecule has 0 spiro atoms. The van der Waals surface area contributed by atoms with E-state index in [4.69, 9.17) is 19.1 Å². The van der Waals surface area contributed by atoms with Crippen molar-refractivity contribution in [1.82, 2.24) is 0 Å². The Hall–Kier alpha value is -1.03. The van der Waals surface area contributed by atoms with E-state index in [-0.39, 0.29) is 19.4 Å². The molecule has 0 aliphatic rings. The number of aliphatic hydroxyl groups excluding tert-OH is 2. The average Bonchev–Trinajstić information content (AvgIpc) is 3.00. The number of aliphatic hydroxyl groups is 2. The smallest absolute Gasteiger partial charge is 0.462 e.